The van der Waals surface area contributed by atoms with E-state index in [4.69, 9.17) is 11.6 Å². The molecule has 5 nitrogen and oxygen atoms in total. The molecule has 144 valence electrons. The number of sulfonamides is 1. The Kier molecular flexibility index (Phi) is 5.85. The normalized spacial score (nSPS) is 15.8. The van der Waals surface area contributed by atoms with Gasteiger partial charge in [0, 0.05) is 30.7 Å². The van der Waals surface area contributed by atoms with Crippen LogP contribution in [0, 0.1) is 11.6 Å². The third-order valence-electron chi connectivity index (χ3n) is 4.20. The fourth-order valence-corrected chi connectivity index (χ4v) is 4.83. The molecule has 0 aliphatic carbocycles. The fourth-order valence-electron chi connectivity index (χ4n) is 2.78. The Bertz CT molecular complexity index is 996. The Morgan fingerprint density at radius 2 is 1.70 bits per heavy atom. The van der Waals surface area contributed by atoms with E-state index in [0.29, 0.717) is 21.1 Å². The largest absolute Gasteiger partial charge is 0.336 e. The van der Waals surface area contributed by atoms with Crippen LogP contribution in [-0.4, -0.2) is 49.7 Å². The Morgan fingerprint density at radius 1 is 1.04 bits per heavy atom. The molecule has 0 spiro atoms. The highest BCUT2D eigenvalue weighted by Gasteiger charge is 2.32. The smallest absolute Gasteiger partial charge is 0.255 e. The summed E-state index contributed by atoms with van der Waals surface area (Å²) in [6.45, 7) is 0.154. The highest BCUT2D eigenvalue weighted by molar-refractivity contribution is 9.10. The number of nitrogens with zero attached hydrogens (tertiary/aromatic N) is 2. The molecule has 1 aliphatic heterocycles. The van der Waals surface area contributed by atoms with Crippen LogP contribution in [0.2, 0.25) is 5.02 Å². The summed E-state index contributed by atoms with van der Waals surface area (Å²) >= 11 is 9.35. The summed E-state index contributed by atoms with van der Waals surface area (Å²) in [6, 6.07) is 7.17. The van der Waals surface area contributed by atoms with E-state index in [1.165, 1.54) is 4.90 Å². The molecule has 0 bridgehead atoms. The van der Waals surface area contributed by atoms with E-state index in [1.807, 2.05) is 0 Å². The average Bonchev–Trinajstić information content (AvgIpc) is 2.65. The number of benzene rings is 2. The third-order valence-corrected chi connectivity index (χ3v) is 6.93. The SMILES string of the molecule is O=C(c1cc(Br)ccc1Cl)N1CCN(S(=O)(=O)c2cc(F)ccc2F)CC1. The van der Waals surface area contributed by atoms with Crippen molar-refractivity contribution in [2.45, 2.75) is 4.90 Å². The number of amides is 1. The van der Waals surface area contributed by atoms with Gasteiger partial charge in [-0.1, -0.05) is 27.5 Å². The summed E-state index contributed by atoms with van der Waals surface area (Å²) in [7, 11) is -4.20. The number of carbonyl (C=O) groups excluding carboxylic acids is 1. The molecule has 0 saturated carbocycles. The van der Waals surface area contributed by atoms with Gasteiger partial charge in [-0.05, 0) is 36.4 Å². The Labute approximate surface area is 168 Å². The zero-order valence-electron chi connectivity index (χ0n) is 13.8. The molecule has 0 unspecified atom stereocenters. The summed E-state index contributed by atoms with van der Waals surface area (Å²) in [5, 5.41) is 0.292. The molecule has 0 aromatic heterocycles. The molecule has 3 rings (SSSR count). The molecular formula is C17H14BrClF2N2O3S. The van der Waals surface area contributed by atoms with E-state index in [-0.39, 0.29) is 32.1 Å². The number of hydrogen-bond acceptors (Lipinski definition) is 3. The first-order valence-electron chi connectivity index (χ1n) is 7.89. The maximum absolute atomic E-state index is 13.9. The van der Waals surface area contributed by atoms with Crippen molar-refractivity contribution in [1.29, 1.82) is 0 Å². The quantitative estimate of drug-likeness (QED) is 0.677. The lowest BCUT2D eigenvalue weighted by Gasteiger charge is -2.34. The van der Waals surface area contributed by atoms with Crippen LogP contribution in [0.4, 0.5) is 8.78 Å². The molecule has 27 heavy (non-hydrogen) atoms. The average molecular weight is 480 g/mol. The van der Waals surface area contributed by atoms with Gasteiger partial charge in [0.2, 0.25) is 10.0 Å². The van der Waals surface area contributed by atoms with E-state index in [1.54, 1.807) is 18.2 Å². The van der Waals surface area contributed by atoms with Crippen LogP contribution >= 0.6 is 27.5 Å². The second-order valence-electron chi connectivity index (χ2n) is 5.90. The second kappa shape index (κ2) is 7.83. The Balaban J connectivity index is 1.76. The minimum atomic E-state index is -4.20. The first-order chi connectivity index (χ1) is 12.7. The topological polar surface area (TPSA) is 57.7 Å². The van der Waals surface area contributed by atoms with Gasteiger partial charge < -0.3 is 4.90 Å². The summed E-state index contributed by atoms with van der Waals surface area (Å²) in [5.41, 5.74) is 0.304. The van der Waals surface area contributed by atoms with Gasteiger partial charge >= 0.3 is 0 Å². The van der Waals surface area contributed by atoms with Crippen molar-refractivity contribution in [2.24, 2.45) is 0 Å². The van der Waals surface area contributed by atoms with Crippen LogP contribution < -0.4 is 0 Å². The van der Waals surface area contributed by atoms with Crippen molar-refractivity contribution in [3.63, 3.8) is 0 Å². The molecule has 1 saturated heterocycles. The monoisotopic (exact) mass is 478 g/mol. The molecule has 0 atom stereocenters. The van der Waals surface area contributed by atoms with Crippen LogP contribution in [-0.2, 0) is 10.0 Å². The van der Waals surface area contributed by atoms with E-state index in [2.05, 4.69) is 15.9 Å². The van der Waals surface area contributed by atoms with Gasteiger partial charge in [0.15, 0.2) is 0 Å². The molecule has 1 fully saturated rings. The standard InChI is InChI=1S/C17H14BrClF2N2O3S/c18-11-1-3-14(19)13(9-11)17(24)22-5-7-23(8-6-22)27(25,26)16-10-12(20)2-4-15(16)21/h1-4,9-10H,5-8H2. The summed E-state index contributed by atoms with van der Waals surface area (Å²) in [4.78, 5) is 13.4. The van der Waals surface area contributed by atoms with Crippen LogP contribution in [0.5, 0.6) is 0 Å². The first kappa shape index (κ1) is 20.2. The van der Waals surface area contributed by atoms with Crippen LogP contribution in [0.3, 0.4) is 0 Å². The van der Waals surface area contributed by atoms with Crippen molar-refractivity contribution < 1.29 is 22.0 Å². The fraction of sp³-hybridized carbons (Fsp3) is 0.235. The van der Waals surface area contributed by atoms with Gasteiger partial charge in [-0.15, -0.1) is 0 Å². The van der Waals surface area contributed by atoms with Gasteiger partial charge in [0.05, 0.1) is 10.6 Å². The highest BCUT2D eigenvalue weighted by atomic mass is 79.9. The lowest BCUT2D eigenvalue weighted by Crippen LogP contribution is -2.50. The summed E-state index contributed by atoms with van der Waals surface area (Å²) in [5.74, 6) is -2.18. The number of hydrogen-bond donors (Lipinski definition) is 0. The molecule has 0 radical (unpaired) electrons. The number of piperazine rings is 1. The van der Waals surface area contributed by atoms with Crippen molar-refractivity contribution in [2.75, 3.05) is 26.2 Å². The molecular weight excluding hydrogens is 466 g/mol. The molecule has 1 aliphatic rings. The minimum Gasteiger partial charge on any atom is -0.336 e. The van der Waals surface area contributed by atoms with E-state index < -0.39 is 26.6 Å². The molecule has 0 N–H and O–H groups in total. The zero-order chi connectivity index (χ0) is 19.8. The lowest BCUT2D eigenvalue weighted by molar-refractivity contribution is 0.0698. The van der Waals surface area contributed by atoms with E-state index in [0.717, 1.165) is 16.4 Å². The Hall–Kier alpha value is -1.55. The van der Waals surface area contributed by atoms with Crippen LogP contribution in [0.25, 0.3) is 0 Å². The summed E-state index contributed by atoms with van der Waals surface area (Å²) in [6.07, 6.45) is 0. The zero-order valence-corrected chi connectivity index (χ0v) is 17.0. The molecule has 10 heteroatoms. The van der Waals surface area contributed by atoms with Gasteiger partial charge in [0.25, 0.3) is 5.91 Å². The molecule has 1 amide bonds. The molecule has 2 aromatic rings. The maximum Gasteiger partial charge on any atom is 0.255 e. The number of carbonyl (C=O) groups is 1. The first-order valence-corrected chi connectivity index (χ1v) is 10.5. The number of rotatable bonds is 3. The van der Waals surface area contributed by atoms with Gasteiger partial charge in [-0.2, -0.15) is 4.31 Å². The van der Waals surface area contributed by atoms with Crippen molar-refractivity contribution in [3.8, 4) is 0 Å². The van der Waals surface area contributed by atoms with E-state index >= 15 is 0 Å². The van der Waals surface area contributed by atoms with E-state index in [9.17, 15) is 22.0 Å². The highest BCUT2D eigenvalue weighted by Crippen LogP contribution is 2.25. The van der Waals surface area contributed by atoms with Gasteiger partial charge in [0.1, 0.15) is 16.5 Å². The maximum atomic E-state index is 13.9. The predicted molar refractivity (Wildman–Crippen MR) is 100 cm³/mol. The minimum absolute atomic E-state index is 0.0321. The second-order valence-corrected chi connectivity index (χ2v) is 9.12. The van der Waals surface area contributed by atoms with Gasteiger partial charge in [-0.25, -0.2) is 17.2 Å². The van der Waals surface area contributed by atoms with Crippen molar-refractivity contribution >= 4 is 43.5 Å². The third kappa shape index (κ3) is 4.16. The van der Waals surface area contributed by atoms with Gasteiger partial charge in [-0.3, -0.25) is 4.79 Å². The van der Waals surface area contributed by atoms with Crippen LogP contribution in [0.1, 0.15) is 10.4 Å². The number of halogens is 4. The van der Waals surface area contributed by atoms with Crippen molar-refractivity contribution in [1.82, 2.24) is 9.21 Å². The molecule has 2 aromatic carbocycles. The van der Waals surface area contributed by atoms with Crippen LogP contribution in [0.15, 0.2) is 45.8 Å². The molecule has 1 heterocycles. The predicted octanol–water partition coefficient (Wildman–Crippen LogP) is 3.53. The lowest BCUT2D eigenvalue weighted by atomic mass is 10.2. The summed E-state index contributed by atoms with van der Waals surface area (Å²) < 4.78 is 54.1. The Morgan fingerprint density at radius 3 is 2.37 bits per heavy atom. The van der Waals surface area contributed by atoms with Crippen molar-refractivity contribution in [3.05, 3.63) is 63.1 Å².